The van der Waals surface area contributed by atoms with Crippen molar-refractivity contribution >= 4 is 40.6 Å². The van der Waals surface area contributed by atoms with Crippen LogP contribution in [0.3, 0.4) is 0 Å². The number of hydrogen-bond donors (Lipinski definition) is 3. The Labute approximate surface area is 211 Å². The molecule has 172 valence electrons. The number of aliphatic hydroxyl groups is 1. The molecule has 0 aliphatic carbocycles. The van der Waals surface area contributed by atoms with Gasteiger partial charge in [-0.2, -0.15) is 0 Å². The van der Waals surface area contributed by atoms with Crippen molar-refractivity contribution in [2.24, 2.45) is 10.1 Å². The van der Waals surface area contributed by atoms with Gasteiger partial charge in [-0.05, 0) is 53.6 Å². The summed E-state index contributed by atoms with van der Waals surface area (Å²) in [5, 5.41) is 19.5. The molecule has 0 radical (unpaired) electrons. The molecule has 0 saturated heterocycles. The Morgan fingerprint density at radius 1 is 0.829 bits per heavy atom. The first kappa shape index (κ1) is 21.8. The molecule has 1 aromatic heterocycles. The number of hydrazone groups is 1. The van der Waals surface area contributed by atoms with Crippen molar-refractivity contribution in [1.82, 2.24) is 16.1 Å². The lowest BCUT2D eigenvalue weighted by molar-refractivity contribution is 0.125. The van der Waals surface area contributed by atoms with E-state index in [0.717, 1.165) is 16.8 Å². The van der Waals surface area contributed by atoms with Gasteiger partial charge in [-0.15, -0.1) is 10.6 Å². The number of rotatable bonds is 4. The Morgan fingerprint density at radius 3 is 2.43 bits per heavy atom. The number of hydrogen-bond acceptors (Lipinski definition) is 7. The zero-order valence-electron chi connectivity index (χ0n) is 18.2. The highest BCUT2D eigenvalue weighted by Crippen LogP contribution is 2.40. The number of anilines is 1. The van der Waals surface area contributed by atoms with Crippen molar-refractivity contribution in [3.8, 4) is 0 Å². The van der Waals surface area contributed by atoms with Crippen molar-refractivity contribution in [2.45, 2.75) is 5.60 Å². The molecule has 0 bridgehead atoms. The van der Waals surface area contributed by atoms with Crippen LogP contribution < -0.4 is 16.1 Å². The lowest BCUT2D eigenvalue weighted by Crippen LogP contribution is -2.43. The van der Waals surface area contributed by atoms with Crippen LogP contribution >= 0.6 is 23.2 Å². The zero-order chi connectivity index (χ0) is 24.0. The number of nitrogens with one attached hydrogen (secondary N) is 2. The van der Waals surface area contributed by atoms with E-state index >= 15 is 0 Å². The molecule has 1 atom stereocenters. The standard InChI is InChI=1S/C26H18Cl2N6O/c27-20-9-6-17(7-10-20)26(35,19-4-2-12-29-15-19)18-8-11-23-22(14-18)24(16-3-1-5-21(28)13-16)30-25-31-32-33-34(23)25/h1-15,32-33,35H. The minimum Gasteiger partial charge on any atom is -0.376 e. The summed E-state index contributed by atoms with van der Waals surface area (Å²) in [6.07, 6.45) is 3.34. The summed E-state index contributed by atoms with van der Waals surface area (Å²) in [7, 11) is 0. The molecule has 2 aliphatic heterocycles. The minimum absolute atomic E-state index is 0.473. The molecule has 3 heterocycles. The van der Waals surface area contributed by atoms with Crippen LogP contribution in [0.25, 0.3) is 0 Å². The fourth-order valence-electron chi connectivity index (χ4n) is 4.40. The summed E-state index contributed by atoms with van der Waals surface area (Å²) in [5.74, 6) is 0.473. The number of pyridine rings is 1. The lowest BCUT2D eigenvalue weighted by atomic mass is 9.79. The highest BCUT2D eigenvalue weighted by molar-refractivity contribution is 6.32. The predicted molar refractivity (Wildman–Crippen MR) is 138 cm³/mol. The van der Waals surface area contributed by atoms with E-state index in [2.05, 4.69) is 21.2 Å². The molecule has 0 saturated carbocycles. The van der Waals surface area contributed by atoms with Crippen LogP contribution in [0.4, 0.5) is 5.69 Å². The van der Waals surface area contributed by atoms with E-state index in [9.17, 15) is 5.11 Å². The number of hydrazine groups is 2. The molecule has 9 heteroatoms. The second kappa shape index (κ2) is 8.48. The summed E-state index contributed by atoms with van der Waals surface area (Å²) in [6.45, 7) is 0. The third-order valence-electron chi connectivity index (χ3n) is 6.08. The van der Waals surface area contributed by atoms with Gasteiger partial charge in [0.25, 0.3) is 5.96 Å². The quantitative estimate of drug-likeness (QED) is 0.380. The van der Waals surface area contributed by atoms with Gasteiger partial charge in [0, 0.05) is 39.1 Å². The smallest absolute Gasteiger partial charge is 0.265 e. The minimum atomic E-state index is -1.49. The van der Waals surface area contributed by atoms with Crippen molar-refractivity contribution in [1.29, 1.82) is 0 Å². The van der Waals surface area contributed by atoms with Crippen LogP contribution in [0.15, 0.2) is 101 Å². The van der Waals surface area contributed by atoms with Crippen LogP contribution in [0.5, 0.6) is 0 Å². The van der Waals surface area contributed by atoms with Gasteiger partial charge in [0.15, 0.2) is 0 Å². The van der Waals surface area contributed by atoms with Crippen molar-refractivity contribution in [3.63, 3.8) is 0 Å². The van der Waals surface area contributed by atoms with Crippen LogP contribution in [0.1, 0.15) is 27.8 Å². The molecule has 0 fully saturated rings. The SMILES string of the molecule is OC(c1ccc(Cl)cc1)(c1cccnc1)c1ccc2c(c1)C(c1cccc(Cl)c1)=NC1=NNNN12. The van der Waals surface area contributed by atoms with Gasteiger partial charge in [-0.3, -0.25) is 4.98 Å². The maximum Gasteiger partial charge on any atom is 0.265 e. The Balaban J connectivity index is 1.58. The van der Waals surface area contributed by atoms with Gasteiger partial charge in [0.1, 0.15) is 5.60 Å². The van der Waals surface area contributed by atoms with Crippen LogP contribution in [-0.2, 0) is 5.60 Å². The van der Waals surface area contributed by atoms with Crippen LogP contribution in [-0.4, -0.2) is 21.8 Å². The third-order valence-corrected chi connectivity index (χ3v) is 6.57. The fraction of sp³-hybridized carbons (Fsp3) is 0.0385. The molecule has 6 rings (SSSR count). The largest absolute Gasteiger partial charge is 0.376 e. The maximum atomic E-state index is 12.3. The van der Waals surface area contributed by atoms with Crippen LogP contribution in [0.2, 0.25) is 10.0 Å². The number of fused-ring (bicyclic) bond motifs is 3. The molecule has 4 aromatic rings. The first-order valence-electron chi connectivity index (χ1n) is 10.8. The van der Waals surface area contributed by atoms with Crippen molar-refractivity contribution in [3.05, 3.63) is 129 Å². The summed E-state index contributed by atoms with van der Waals surface area (Å²) in [5.41, 5.74) is 9.34. The van der Waals surface area contributed by atoms with E-state index in [4.69, 9.17) is 28.2 Å². The van der Waals surface area contributed by atoms with Crippen molar-refractivity contribution in [2.75, 3.05) is 5.01 Å². The number of nitrogens with zero attached hydrogens (tertiary/aromatic N) is 4. The molecular weight excluding hydrogens is 483 g/mol. The third kappa shape index (κ3) is 3.66. The van der Waals surface area contributed by atoms with E-state index in [0.29, 0.717) is 38.4 Å². The average Bonchev–Trinajstić information content (AvgIpc) is 3.37. The second-order valence-electron chi connectivity index (χ2n) is 8.13. The average molecular weight is 501 g/mol. The monoisotopic (exact) mass is 500 g/mol. The van der Waals surface area contributed by atoms with Gasteiger partial charge in [0.05, 0.1) is 11.4 Å². The van der Waals surface area contributed by atoms with E-state index in [-0.39, 0.29) is 0 Å². The molecule has 35 heavy (non-hydrogen) atoms. The molecule has 3 N–H and O–H groups in total. The second-order valence-corrected chi connectivity index (χ2v) is 9.01. The molecule has 2 aliphatic rings. The van der Waals surface area contributed by atoms with E-state index in [1.54, 1.807) is 35.6 Å². The Kier molecular flexibility index (Phi) is 5.27. The first-order chi connectivity index (χ1) is 17.0. The lowest BCUT2D eigenvalue weighted by Gasteiger charge is -2.32. The van der Waals surface area contributed by atoms with Gasteiger partial charge in [-0.25, -0.2) is 15.5 Å². The molecule has 0 amide bonds. The number of halogens is 2. The first-order valence-corrected chi connectivity index (χ1v) is 11.6. The van der Waals surface area contributed by atoms with E-state index in [1.807, 2.05) is 60.7 Å². The summed E-state index contributed by atoms with van der Waals surface area (Å²) in [4.78, 5) is 9.03. The molecular formula is C26H18Cl2N6O. The zero-order valence-corrected chi connectivity index (χ0v) is 19.7. The molecule has 0 spiro atoms. The van der Waals surface area contributed by atoms with Crippen molar-refractivity contribution < 1.29 is 5.11 Å². The fourth-order valence-corrected chi connectivity index (χ4v) is 4.71. The Morgan fingerprint density at radius 2 is 1.66 bits per heavy atom. The highest BCUT2D eigenvalue weighted by atomic mass is 35.5. The summed E-state index contributed by atoms with van der Waals surface area (Å²) in [6, 6.07) is 24.1. The Hall–Kier alpha value is -3.75. The topological polar surface area (TPSA) is 85.1 Å². The number of aromatic nitrogens is 1. The van der Waals surface area contributed by atoms with Gasteiger partial charge in [-0.1, -0.05) is 59.6 Å². The summed E-state index contributed by atoms with van der Waals surface area (Å²) < 4.78 is 0. The van der Waals surface area contributed by atoms with Gasteiger partial charge >= 0.3 is 0 Å². The van der Waals surface area contributed by atoms with Gasteiger partial charge < -0.3 is 5.11 Å². The van der Waals surface area contributed by atoms with Gasteiger partial charge in [0.2, 0.25) is 0 Å². The normalized spacial score (nSPS) is 15.9. The summed E-state index contributed by atoms with van der Waals surface area (Å²) >= 11 is 12.5. The number of aliphatic imine (C=N–C) groups is 1. The molecule has 7 nitrogen and oxygen atoms in total. The highest BCUT2D eigenvalue weighted by Gasteiger charge is 2.37. The molecule has 1 unspecified atom stereocenters. The van der Waals surface area contributed by atoms with Crippen LogP contribution in [0, 0.1) is 0 Å². The Bertz CT molecular complexity index is 1490. The number of guanidine groups is 1. The van der Waals surface area contributed by atoms with E-state index in [1.165, 1.54) is 0 Å². The number of benzene rings is 3. The predicted octanol–water partition coefficient (Wildman–Crippen LogP) is 4.62. The van der Waals surface area contributed by atoms with E-state index < -0.39 is 5.60 Å². The maximum absolute atomic E-state index is 12.3. The molecule has 3 aromatic carbocycles.